The summed E-state index contributed by atoms with van der Waals surface area (Å²) in [6.07, 6.45) is 4.33. The number of carbonyl (C=O) groups is 1. The smallest absolute Gasteiger partial charge is 0.224 e. The van der Waals surface area contributed by atoms with Gasteiger partial charge in [0, 0.05) is 17.1 Å². The first-order valence-electron chi connectivity index (χ1n) is 7.60. The number of carbonyl (C=O) groups excluding carboxylic acids is 1. The van der Waals surface area contributed by atoms with Crippen molar-refractivity contribution in [3.8, 4) is 11.5 Å². The standard InChI is InChI=1S/C17H17BrN4O3/c1-24-14-5-3-11(7-15(14)25-2)4-6-16(23)20-13-8-12(18)9-22-10-19-21-17(13)22/h3,5,7-10H,4,6H2,1-2H3,(H,20,23). The van der Waals surface area contributed by atoms with Crippen LogP contribution in [-0.2, 0) is 11.2 Å². The van der Waals surface area contributed by atoms with Gasteiger partial charge in [0.2, 0.25) is 5.91 Å². The van der Waals surface area contributed by atoms with Crippen molar-refractivity contribution in [3.05, 3.63) is 46.8 Å². The highest BCUT2D eigenvalue weighted by molar-refractivity contribution is 9.10. The van der Waals surface area contributed by atoms with E-state index in [4.69, 9.17) is 9.47 Å². The Kier molecular flexibility index (Phi) is 5.18. The predicted molar refractivity (Wildman–Crippen MR) is 97.2 cm³/mol. The number of pyridine rings is 1. The molecule has 1 N–H and O–H groups in total. The zero-order chi connectivity index (χ0) is 17.8. The highest BCUT2D eigenvalue weighted by atomic mass is 79.9. The van der Waals surface area contributed by atoms with E-state index in [0.717, 1.165) is 10.0 Å². The van der Waals surface area contributed by atoms with Gasteiger partial charge in [-0.1, -0.05) is 6.07 Å². The summed E-state index contributed by atoms with van der Waals surface area (Å²) in [4.78, 5) is 12.3. The highest BCUT2D eigenvalue weighted by Gasteiger charge is 2.11. The monoisotopic (exact) mass is 404 g/mol. The van der Waals surface area contributed by atoms with Gasteiger partial charge < -0.3 is 14.8 Å². The van der Waals surface area contributed by atoms with Gasteiger partial charge in [0.05, 0.1) is 19.9 Å². The minimum absolute atomic E-state index is 0.0993. The molecule has 0 atom stereocenters. The first kappa shape index (κ1) is 17.2. The van der Waals surface area contributed by atoms with Gasteiger partial charge in [0.25, 0.3) is 0 Å². The average molecular weight is 405 g/mol. The van der Waals surface area contributed by atoms with E-state index in [1.807, 2.05) is 24.4 Å². The Bertz CT molecular complexity index is 910. The number of methoxy groups -OCH3 is 2. The van der Waals surface area contributed by atoms with Gasteiger partial charge in [-0.15, -0.1) is 10.2 Å². The Hall–Kier alpha value is -2.61. The molecule has 2 heterocycles. The number of aromatic nitrogens is 3. The summed E-state index contributed by atoms with van der Waals surface area (Å²) >= 11 is 3.41. The molecule has 2 aromatic heterocycles. The molecule has 3 rings (SSSR count). The Morgan fingerprint density at radius 2 is 2.04 bits per heavy atom. The SMILES string of the molecule is COc1ccc(CCC(=O)Nc2cc(Br)cn3cnnc23)cc1OC. The van der Waals surface area contributed by atoms with E-state index in [1.54, 1.807) is 31.0 Å². The number of rotatable bonds is 6. The van der Waals surface area contributed by atoms with Crippen LogP contribution in [0, 0.1) is 0 Å². The summed E-state index contributed by atoms with van der Waals surface area (Å²) in [5.74, 6) is 1.22. The van der Waals surface area contributed by atoms with Crippen molar-refractivity contribution in [2.24, 2.45) is 0 Å². The van der Waals surface area contributed by atoms with E-state index in [9.17, 15) is 4.79 Å². The molecule has 1 aromatic carbocycles. The van der Waals surface area contributed by atoms with E-state index in [0.29, 0.717) is 35.7 Å². The number of hydrogen-bond acceptors (Lipinski definition) is 5. The molecular formula is C17H17BrN4O3. The lowest BCUT2D eigenvalue weighted by Gasteiger charge is -2.10. The first-order chi connectivity index (χ1) is 12.1. The minimum Gasteiger partial charge on any atom is -0.493 e. The number of anilines is 1. The lowest BCUT2D eigenvalue weighted by molar-refractivity contribution is -0.116. The summed E-state index contributed by atoms with van der Waals surface area (Å²) in [6, 6.07) is 7.44. The number of amides is 1. The number of hydrogen-bond donors (Lipinski definition) is 1. The van der Waals surface area contributed by atoms with Crippen LogP contribution in [0.2, 0.25) is 0 Å². The van der Waals surface area contributed by atoms with Gasteiger partial charge in [-0.2, -0.15) is 0 Å². The molecular weight excluding hydrogens is 388 g/mol. The second kappa shape index (κ2) is 7.52. The molecule has 0 saturated carbocycles. The lowest BCUT2D eigenvalue weighted by atomic mass is 10.1. The van der Waals surface area contributed by atoms with Gasteiger partial charge in [-0.05, 0) is 46.1 Å². The lowest BCUT2D eigenvalue weighted by Crippen LogP contribution is -2.13. The molecule has 25 heavy (non-hydrogen) atoms. The second-order valence-corrected chi connectivity index (χ2v) is 6.29. The maximum atomic E-state index is 12.3. The fourth-order valence-electron chi connectivity index (χ4n) is 2.50. The van der Waals surface area contributed by atoms with Crippen molar-refractivity contribution in [2.45, 2.75) is 12.8 Å². The van der Waals surface area contributed by atoms with Crippen LogP contribution < -0.4 is 14.8 Å². The van der Waals surface area contributed by atoms with Gasteiger partial charge in [0.1, 0.15) is 6.33 Å². The maximum absolute atomic E-state index is 12.3. The van der Waals surface area contributed by atoms with Crippen molar-refractivity contribution in [2.75, 3.05) is 19.5 Å². The Balaban J connectivity index is 1.67. The molecule has 0 aliphatic rings. The van der Waals surface area contributed by atoms with E-state index >= 15 is 0 Å². The Morgan fingerprint density at radius 3 is 2.80 bits per heavy atom. The van der Waals surface area contributed by atoms with Crippen molar-refractivity contribution in [1.29, 1.82) is 0 Å². The molecule has 0 aliphatic heterocycles. The summed E-state index contributed by atoms with van der Waals surface area (Å²) in [6.45, 7) is 0. The van der Waals surface area contributed by atoms with Gasteiger partial charge in [0.15, 0.2) is 17.1 Å². The number of fused-ring (bicyclic) bond motifs is 1. The van der Waals surface area contributed by atoms with Crippen molar-refractivity contribution in [3.63, 3.8) is 0 Å². The van der Waals surface area contributed by atoms with Gasteiger partial charge in [-0.25, -0.2) is 0 Å². The van der Waals surface area contributed by atoms with Crippen LogP contribution in [0.1, 0.15) is 12.0 Å². The fourth-order valence-corrected chi connectivity index (χ4v) is 2.95. The zero-order valence-corrected chi connectivity index (χ0v) is 15.4. The van der Waals surface area contributed by atoms with Crippen LogP contribution in [0.3, 0.4) is 0 Å². The molecule has 0 unspecified atom stereocenters. The number of aryl methyl sites for hydroxylation is 1. The van der Waals surface area contributed by atoms with Gasteiger partial charge in [-0.3, -0.25) is 9.20 Å². The number of ether oxygens (including phenoxy) is 2. The van der Waals surface area contributed by atoms with Crippen LogP contribution in [0.15, 0.2) is 41.3 Å². The number of nitrogens with zero attached hydrogens (tertiary/aromatic N) is 3. The minimum atomic E-state index is -0.0993. The summed E-state index contributed by atoms with van der Waals surface area (Å²) in [5, 5.41) is 10.8. The van der Waals surface area contributed by atoms with Gasteiger partial charge >= 0.3 is 0 Å². The number of halogens is 1. The molecule has 0 saturated heterocycles. The molecule has 130 valence electrons. The third-order valence-corrected chi connectivity index (χ3v) is 4.16. The van der Waals surface area contributed by atoms with Crippen LogP contribution in [-0.4, -0.2) is 34.7 Å². The average Bonchev–Trinajstić information content (AvgIpc) is 3.08. The highest BCUT2D eigenvalue weighted by Crippen LogP contribution is 2.28. The first-order valence-corrected chi connectivity index (χ1v) is 8.39. The molecule has 0 bridgehead atoms. The topological polar surface area (TPSA) is 77.8 Å². The molecule has 7 nitrogen and oxygen atoms in total. The van der Waals surface area contributed by atoms with E-state index in [1.165, 1.54) is 0 Å². The molecule has 8 heteroatoms. The summed E-state index contributed by atoms with van der Waals surface area (Å²) < 4.78 is 13.1. The molecule has 3 aromatic rings. The quantitative estimate of drug-likeness (QED) is 0.682. The molecule has 1 amide bonds. The molecule has 0 radical (unpaired) electrons. The van der Waals surface area contributed by atoms with E-state index in [-0.39, 0.29) is 5.91 Å². The Morgan fingerprint density at radius 1 is 1.24 bits per heavy atom. The fraction of sp³-hybridized carbons (Fsp3) is 0.235. The summed E-state index contributed by atoms with van der Waals surface area (Å²) in [7, 11) is 3.18. The zero-order valence-electron chi connectivity index (χ0n) is 13.8. The molecule has 0 fully saturated rings. The number of benzene rings is 1. The van der Waals surface area contributed by atoms with Crippen molar-refractivity contribution >= 4 is 33.2 Å². The van der Waals surface area contributed by atoms with Crippen molar-refractivity contribution < 1.29 is 14.3 Å². The van der Waals surface area contributed by atoms with E-state index in [2.05, 4.69) is 31.4 Å². The van der Waals surface area contributed by atoms with Crippen LogP contribution in [0.25, 0.3) is 5.65 Å². The predicted octanol–water partition coefficient (Wildman–Crippen LogP) is 3.08. The van der Waals surface area contributed by atoms with Crippen LogP contribution in [0.4, 0.5) is 5.69 Å². The molecule has 0 aliphatic carbocycles. The third kappa shape index (κ3) is 3.90. The second-order valence-electron chi connectivity index (χ2n) is 5.37. The van der Waals surface area contributed by atoms with Crippen LogP contribution >= 0.6 is 15.9 Å². The maximum Gasteiger partial charge on any atom is 0.224 e. The normalized spacial score (nSPS) is 10.7. The van der Waals surface area contributed by atoms with Crippen LogP contribution in [0.5, 0.6) is 11.5 Å². The molecule has 0 spiro atoms. The Labute approximate surface area is 153 Å². The largest absolute Gasteiger partial charge is 0.493 e. The van der Waals surface area contributed by atoms with Crippen molar-refractivity contribution in [1.82, 2.24) is 14.6 Å². The third-order valence-electron chi connectivity index (χ3n) is 3.72. The summed E-state index contributed by atoms with van der Waals surface area (Å²) in [5.41, 5.74) is 2.21. The van der Waals surface area contributed by atoms with E-state index < -0.39 is 0 Å². The number of nitrogens with one attached hydrogen (secondary N) is 1.